The zero-order valence-corrected chi connectivity index (χ0v) is 15.8. The molecule has 0 bridgehead atoms. The lowest BCUT2D eigenvalue weighted by Gasteiger charge is -2.06. The molecule has 0 saturated heterocycles. The summed E-state index contributed by atoms with van der Waals surface area (Å²) in [6.45, 7) is 2.33. The first kappa shape index (κ1) is 18.5. The molecule has 0 aliphatic carbocycles. The highest BCUT2D eigenvalue weighted by atomic mass is 16.6. The summed E-state index contributed by atoms with van der Waals surface area (Å²) in [5, 5.41) is 3.96. The molecule has 4 rings (SSSR count). The Labute approximate surface area is 167 Å². The van der Waals surface area contributed by atoms with Gasteiger partial charge >= 0.3 is 5.97 Å². The Bertz CT molecular complexity index is 1090. The average molecular weight is 389 g/mol. The first-order chi connectivity index (χ1) is 14.2. The highest BCUT2D eigenvalue weighted by Gasteiger charge is 2.15. The molecule has 0 amide bonds. The van der Waals surface area contributed by atoms with E-state index in [1.807, 2.05) is 72.4 Å². The summed E-state index contributed by atoms with van der Waals surface area (Å²) < 4.78 is 18.0. The number of hydrogen-bond acceptors (Lipinski definition) is 6. The molecular formula is C22H19N3O4. The fraction of sp³-hybridized carbons (Fsp3) is 0.136. The maximum Gasteiger partial charge on any atom is 0.338 e. The molecule has 0 saturated carbocycles. The van der Waals surface area contributed by atoms with Gasteiger partial charge in [0.15, 0.2) is 6.61 Å². The zero-order valence-electron chi connectivity index (χ0n) is 15.8. The van der Waals surface area contributed by atoms with Crippen molar-refractivity contribution < 1.29 is 18.8 Å². The first-order valence-corrected chi connectivity index (χ1v) is 9.20. The minimum absolute atomic E-state index is 0.109. The van der Waals surface area contributed by atoms with Crippen LogP contribution in [0.15, 0.2) is 77.6 Å². The number of nitrogens with zero attached hydrogens (tertiary/aromatic N) is 3. The molecule has 0 aliphatic rings. The standard InChI is InChI=1S/C22H19N3O4/c1-2-27-19-8-4-3-7-18(19)21-23-20(29-24-21)15-28-22(26)16-9-11-17(12-10-16)25-13-5-6-14-25/h3-14H,2,15H2,1H3. The van der Waals surface area contributed by atoms with E-state index >= 15 is 0 Å². The zero-order chi connectivity index (χ0) is 20.1. The smallest absolute Gasteiger partial charge is 0.338 e. The molecule has 2 aromatic heterocycles. The third-order valence-corrected chi connectivity index (χ3v) is 4.23. The number of carbonyl (C=O) groups excluding carboxylic acids is 1. The number of para-hydroxylation sites is 1. The summed E-state index contributed by atoms with van der Waals surface area (Å²) in [6.07, 6.45) is 3.87. The average Bonchev–Trinajstić information content (AvgIpc) is 3.45. The summed E-state index contributed by atoms with van der Waals surface area (Å²) in [5.41, 5.74) is 2.12. The van der Waals surface area contributed by atoms with E-state index in [0.29, 0.717) is 23.7 Å². The van der Waals surface area contributed by atoms with E-state index in [1.165, 1.54) is 0 Å². The summed E-state index contributed by atoms with van der Waals surface area (Å²) >= 11 is 0. The molecule has 7 heteroatoms. The van der Waals surface area contributed by atoms with Crippen molar-refractivity contribution in [2.24, 2.45) is 0 Å². The quantitative estimate of drug-likeness (QED) is 0.439. The molecule has 0 spiro atoms. The summed E-state index contributed by atoms with van der Waals surface area (Å²) in [7, 11) is 0. The van der Waals surface area contributed by atoms with Crippen molar-refractivity contribution in [2.45, 2.75) is 13.5 Å². The fourth-order valence-electron chi connectivity index (χ4n) is 2.84. The number of rotatable bonds is 7. The number of esters is 1. The van der Waals surface area contributed by atoms with Crippen LogP contribution in [0.5, 0.6) is 5.75 Å². The lowest BCUT2D eigenvalue weighted by molar-refractivity contribution is 0.0430. The lowest BCUT2D eigenvalue weighted by atomic mass is 10.2. The molecule has 2 aromatic carbocycles. The Morgan fingerprint density at radius 1 is 1.03 bits per heavy atom. The van der Waals surface area contributed by atoms with Gasteiger partial charge in [0.2, 0.25) is 5.82 Å². The van der Waals surface area contributed by atoms with Crippen molar-refractivity contribution >= 4 is 5.97 Å². The fourth-order valence-corrected chi connectivity index (χ4v) is 2.84. The van der Waals surface area contributed by atoms with Gasteiger partial charge in [0.25, 0.3) is 5.89 Å². The van der Waals surface area contributed by atoms with E-state index in [0.717, 1.165) is 11.3 Å². The van der Waals surface area contributed by atoms with Crippen molar-refractivity contribution in [1.82, 2.24) is 14.7 Å². The predicted molar refractivity (Wildman–Crippen MR) is 106 cm³/mol. The Balaban J connectivity index is 1.40. The number of carbonyl (C=O) groups is 1. The van der Waals surface area contributed by atoms with Gasteiger partial charge in [-0.25, -0.2) is 4.79 Å². The normalized spacial score (nSPS) is 10.7. The second kappa shape index (κ2) is 8.43. The van der Waals surface area contributed by atoms with Crippen molar-refractivity contribution in [2.75, 3.05) is 6.61 Å². The van der Waals surface area contributed by atoms with Crippen molar-refractivity contribution in [3.63, 3.8) is 0 Å². The molecule has 0 fully saturated rings. The van der Waals surface area contributed by atoms with Crippen molar-refractivity contribution in [3.05, 3.63) is 84.5 Å². The van der Waals surface area contributed by atoms with Crippen molar-refractivity contribution in [3.8, 4) is 22.8 Å². The Morgan fingerprint density at radius 3 is 2.55 bits per heavy atom. The molecule has 0 unspecified atom stereocenters. The number of ether oxygens (including phenoxy) is 2. The summed E-state index contributed by atoms with van der Waals surface area (Å²) in [6, 6.07) is 18.4. The van der Waals surface area contributed by atoms with Gasteiger partial charge in [-0.1, -0.05) is 17.3 Å². The van der Waals surface area contributed by atoms with Crippen LogP contribution in [0.1, 0.15) is 23.2 Å². The van der Waals surface area contributed by atoms with Gasteiger partial charge in [-0.3, -0.25) is 0 Å². The summed E-state index contributed by atoms with van der Waals surface area (Å²) in [5.74, 6) is 0.806. The van der Waals surface area contributed by atoms with Gasteiger partial charge in [-0.15, -0.1) is 0 Å². The van der Waals surface area contributed by atoms with Gasteiger partial charge < -0.3 is 18.6 Å². The number of hydrogen-bond donors (Lipinski definition) is 0. The van der Waals surface area contributed by atoms with E-state index in [9.17, 15) is 4.79 Å². The predicted octanol–water partition coefficient (Wildman–Crippen LogP) is 4.28. The molecule has 0 atom stereocenters. The van der Waals surface area contributed by atoms with Crippen LogP contribution in [-0.2, 0) is 11.3 Å². The largest absolute Gasteiger partial charge is 0.493 e. The van der Waals surface area contributed by atoms with Crippen LogP contribution >= 0.6 is 0 Å². The first-order valence-electron chi connectivity index (χ1n) is 9.20. The van der Waals surface area contributed by atoms with E-state index in [4.69, 9.17) is 14.0 Å². The van der Waals surface area contributed by atoms with Crippen LogP contribution in [0.3, 0.4) is 0 Å². The van der Waals surface area contributed by atoms with Crippen LogP contribution < -0.4 is 4.74 Å². The molecule has 0 radical (unpaired) electrons. The van der Waals surface area contributed by atoms with Crippen LogP contribution in [0.4, 0.5) is 0 Å². The highest BCUT2D eigenvalue weighted by Crippen LogP contribution is 2.27. The van der Waals surface area contributed by atoms with Gasteiger partial charge in [0.05, 0.1) is 17.7 Å². The van der Waals surface area contributed by atoms with Gasteiger partial charge in [0, 0.05) is 18.1 Å². The van der Waals surface area contributed by atoms with Gasteiger partial charge in [-0.2, -0.15) is 4.98 Å². The topological polar surface area (TPSA) is 79.4 Å². The van der Waals surface area contributed by atoms with Crippen LogP contribution in [0, 0.1) is 0 Å². The molecule has 4 aromatic rings. The highest BCUT2D eigenvalue weighted by molar-refractivity contribution is 5.89. The minimum Gasteiger partial charge on any atom is -0.493 e. The summed E-state index contributed by atoms with van der Waals surface area (Å²) in [4.78, 5) is 16.6. The van der Waals surface area contributed by atoms with Crippen LogP contribution in [-0.4, -0.2) is 27.3 Å². The molecule has 7 nitrogen and oxygen atoms in total. The third-order valence-electron chi connectivity index (χ3n) is 4.23. The maximum atomic E-state index is 12.3. The van der Waals surface area contributed by atoms with E-state index in [-0.39, 0.29) is 12.5 Å². The molecule has 2 heterocycles. The molecule has 29 heavy (non-hydrogen) atoms. The monoisotopic (exact) mass is 389 g/mol. The van der Waals surface area contributed by atoms with Gasteiger partial charge in [-0.05, 0) is 55.5 Å². The SMILES string of the molecule is CCOc1ccccc1-c1noc(COC(=O)c2ccc(-n3cccc3)cc2)n1. The Morgan fingerprint density at radius 2 is 1.79 bits per heavy atom. The van der Waals surface area contributed by atoms with Gasteiger partial charge in [0.1, 0.15) is 5.75 Å². The van der Waals surface area contributed by atoms with E-state index in [1.54, 1.807) is 12.1 Å². The van der Waals surface area contributed by atoms with E-state index < -0.39 is 5.97 Å². The Kier molecular flexibility index (Phi) is 5.38. The van der Waals surface area contributed by atoms with Crippen LogP contribution in [0.2, 0.25) is 0 Å². The molecule has 0 N–H and O–H groups in total. The second-order valence-corrected chi connectivity index (χ2v) is 6.15. The maximum absolute atomic E-state index is 12.3. The number of aromatic nitrogens is 3. The van der Waals surface area contributed by atoms with E-state index in [2.05, 4.69) is 10.1 Å². The Hall–Kier alpha value is -3.87. The molecular weight excluding hydrogens is 370 g/mol. The molecule has 0 aliphatic heterocycles. The van der Waals surface area contributed by atoms with Crippen LogP contribution in [0.25, 0.3) is 17.1 Å². The second-order valence-electron chi connectivity index (χ2n) is 6.15. The van der Waals surface area contributed by atoms with Crippen molar-refractivity contribution in [1.29, 1.82) is 0 Å². The third kappa shape index (κ3) is 4.19. The lowest BCUT2D eigenvalue weighted by Crippen LogP contribution is -2.05. The number of benzene rings is 2. The molecule has 146 valence electrons. The minimum atomic E-state index is -0.460.